The number of nitrogens with zero attached hydrogens (tertiary/aromatic N) is 1. The topological polar surface area (TPSA) is 98.3 Å². The number of carbonyl (C=O) groups is 1. The highest BCUT2D eigenvalue weighted by atomic mass is 35.5. The average Bonchev–Trinajstić information content (AvgIpc) is 2.38. The lowest BCUT2D eigenvalue weighted by molar-refractivity contribution is -0.385. The molecule has 1 rings (SSSR count). The molecule has 0 heterocycles. The monoisotopic (exact) mass is 329 g/mol. The summed E-state index contributed by atoms with van der Waals surface area (Å²) in [6.45, 7) is 7.12. The van der Waals surface area contributed by atoms with Crippen LogP contribution in [0, 0.1) is 17.0 Å². The van der Waals surface area contributed by atoms with Crippen molar-refractivity contribution in [1.82, 2.24) is 5.32 Å². The number of carbonyl (C=O) groups excluding carboxylic acids is 1. The van der Waals surface area contributed by atoms with Crippen molar-refractivity contribution in [2.75, 3.05) is 0 Å². The van der Waals surface area contributed by atoms with E-state index in [1.165, 1.54) is 6.07 Å². The van der Waals surface area contributed by atoms with Gasteiger partial charge in [0.2, 0.25) is 5.91 Å². The highest BCUT2D eigenvalue weighted by Gasteiger charge is 2.28. The first-order valence-electron chi connectivity index (χ1n) is 7.03. The lowest BCUT2D eigenvalue weighted by atomic mass is 9.95. The molecule has 0 aromatic heterocycles. The van der Waals surface area contributed by atoms with Crippen molar-refractivity contribution in [3.63, 3.8) is 0 Å². The lowest BCUT2D eigenvalue weighted by Crippen LogP contribution is -2.52. The summed E-state index contributed by atoms with van der Waals surface area (Å²) in [5.74, 6) is -0.250. The molecule has 1 aromatic carbocycles. The zero-order chi connectivity index (χ0) is 16.2. The lowest BCUT2D eigenvalue weighted by Gasteiger charge is -2.25. The first-order chi connectivity index (χ1) is 9.69. The normalized spacial score (nSPS) is 14.4. The first-order valence-corrected chi connectivity index (χ1v) is 7.03. The fraction of sp³-hybridized carbons (Fsp3) is 0.533. The minimum absolute atomic E-state index is 0. The molecule has 2 unspecified atom stereocenters. The number of nitro benzene ring substituents is 1. The van der Waals surface area contributed by atoms with Crippen molar-refractivity contribution in [3.8, 4) is 0 Å². The van der Waals surface area contributed by atoms with E-state index >= 15 is 0 Å². The van der Waals surface area contributed by atoms with E-state index in [1.54, 1.807) is 32.9 Å². The minimum Gasteiger partial charge on any atom is -0.348 e. The van der Waals surface area contributed by atoms with E-state index in [9.17, 15) is 14.9 Å². The number of nitrogens with two attached hydrogens (primary N) is 1. The molecule has 0 radical (unpaired) electrons. The highest BCUT2D eigenvalue weighted by molar-refractivity contribution is 5.86. The molecule has 0 saturated carbocycles. The molecule has 3 N–H and O–H groups in total. The predicted molar refractivity (Wildman–Crippen MR) is 89.1 cm³/mol. The number of nitro groups is 1. The van der Waals surface area contributed by atoms with E-state index in [4.69, 9.17) is 5.73 Å². The van der Waals surface area contributed by atoms with Crippen LogP contribution >= 0.6 is 12.4 Å². The fourth-order valence-corrected chi connectivity index (χ4v) is 2.17. The SMILES string of the molecule is CCCC(C)(N)C(=O)NC(C)c1ccc(C)c([N+](=O)[O-])c1.Cl. The Morgan fingerprint density at radius 3 is 2.59 bits per heavy atom. The molecule has 124 valence electrons. The van der Waals surface area contributed by atoms with Crippen LogP contribution in [0.15, 0.2) is 18.2 Å². The van der Waals surface area contributed by atoms with Crippen molar-refractivity contribution in [3.05, 3.63) is 39.4 Å². The van der Waals surface area contributed by atoms with Crippen molar-refractivity contribution in [1.29, 1.82) is 0 Å². The number of hydrogen-bond donors (Lipinski definition) is 2. The molecule has 0 fully saturated rings. The molecular weight excluding hydrogens is 306 g/mol. The molecule has 1 aromatic rings. The second kappa shape index (κ2) is 8.10. The van der Waals surface area contributed by atoms with Crippen molar-refractivity contribution in [2.24, 2.45) is 5.73 Å². The molecule has 6 nitrogen and oxygen atoms in total. The Kier molecular flexibility index (Phi) is 7.49. The number of aryl methyl sites for hydroxylation is 1. The van der Waals surface area contributed by atoms with Crippen LogP contribution in [0.2, 0.25) is 0 Å². The molecule has 1 amide bonds. The maximum absolute atomic E-state index is 12.2. The van der Waals surface area contributed by atoms with Crippen molar-refractivity contribution in [2.45, 2.75) is 52.1 Å². The number of halogens is 1. The molecule has 0 spiro atoms. The standard InChI is InChI=1S/C15H23N3O3.ClH/c1-5-8-15(4,16)14(19)17-11(3)12-7-6-10(2)13(9-12)18(20)21;/h6-7,9,11H,5,8,16H2,1-4H3,(H,17,19);1H. The largest absolute Gasteiger partial charge is 0.348 e. The average molecular weight is 330 g/mol. The molecule has 0 bridgehead atoms. The van der Waals surface area contributed by atoms with Crippen LogP contribution in [0.5, 0.6) is 0 Å². The molecule has 0 aliphatic heterocycles. The Balaban J connectivity index is 0.00000441. The maximum Gasteiger partial charge on any atom is 0.272 e. The van der Waals surface area contributed by atoms with Crippen LogP contribution < -0.4 is 11.1 Å². The molecule has 2 atom stereocenters. The Labute approximate surface area is 137 Å². The Hall–Kier alpha value is -1.66. The number of nitrogens with one attached hydrogen (secondary N) is 1. The summed E-state index contributed by atoms with van der Waals surface area (Å²) in [5, 5.41) is 13.8. The summed E-state index contributed by atoms with van der Waals surface area (Å²) in [5.41, 5.74) is 6.38. The van der Waals surface area contributed by atoms with Gasteiger partial charge in [-0.1, -0.05) is 25.5 Å². The Morgan fingerprint density at radius 1 is 1.50 bits per heavy atom. The molecule has 0 saturated heterocycles. The van der Waals surface area contributed by atoms with E-state index in [1.807, 2.05) is 6.92 Å². The van der Waals surface area contributed by atoms with E-state index in [0.29, 0.717) is 17.5 Å². The van der Waals surface area contributed by atoms with Gasteiger partial charge in [0.1, 0.15) is 0 Å². The third kappa shape index (κ3) is 4.96. The van der Waals surface area contributed by atoms with Crippen LogP contribution in [0.25, 0.3) is 0 Å². The summed E-state index contributed by atoms with van der Waals surface area (Å²) < 4.78 is 0. The third-order valence-corrected chi connectivity index (χ3v) is 3.57. The molecule has 22 heavy (non-hydrogen) atoms. The zero-order valence-corrected chi connectivity index (χ0v) is 14.2. The van der Waals surface area contributed by atoms with Crippen molar-refractivity contribution < 1.29 is 9.72 Å². The third-order valence-electron chi connectivity index (χ3n) is 3.57. The van der Waals surface area contributed by atoms with Gasteiger partial charge in [0, 0.05) is 11.6 Å². The van der Waals surface area contributed by atoms with Gasteiger partial charge in [-0.15, -0.1) is 12.4 Å². The van der Waals surface area contributed by atoms with Crippen LogP contribution in [-0.2, 0) is 4.79 Å². The van der Waals surface area contributed by atoms with Gasteiger partial charge < -0.3 is 11.1 Å². The maximum atomic E-state index is 12.2. The van der Waals surface area contributed by atoms with E-state index in [-0.39, 0.29) is 30.0 Å². The number of amides is 1. The second-order valence-corrected chi connectivity index (χ2v) is 5.67. The van der Waals surface area contributed by atoms with Gasteiger partial charge in [-0.05, 0) is 32.8 Å². The predicted octanol–water partition coefficient (Wildman–Crippen LogP) is 3.02. The van der Waals surface area contributed by atoms with E-state index in [0.717, 1.165) is 6.42 Å². The quantitative estimate of drug-likeness (QED) is 0.619. The van der Waals surface area contributed by atoms with E-state index < -0.39 is 10.5 Å². The zero-order valence-electron chi connectivity index (χ0n) is 13.4. The van der Waals surface area contributed by atoms with Gasteiger partial charge >= 0.3 is 0 Å². The molecule has 0 aliphatic rings. The van der Waals surface area contributed by atoms with Gasteiger partial charge in [0.25, 0.3) is 5.69 Å². The molecule has 0 aliphatic carbocycles. The number of hydrogen-bond acceptors (Lipinski definition) is 4. The van der Waals surface area contributed by atoms with Gasteiger partial charge in [-0.2, -0.15) is 0 Å². The van der Waals surface area contributed by atoms with Crippen LogP contribution in [0.4, 0.5) is 5.69 Å². The van der Waals surface area contributed by atoms with Gasteiger partial charge in [-0.25, -0.2) is 0 Å². The fourth-order valence-electron chi connectivity index (χ4n) is 2.17. The second-order valence-electron chi connectivity index (χ2n) is 5.67. The van der Waals surface area contributed by atoms with E-state index in [2.05, 4.69) is 5.32 Å². The molecule has 7 heteroatoms. The van der Waals surface area contributed by atoms with Gasteiger partial charge in [0.05, 0.1) is 16.5 Å². The van der Waals surface area contributed by atoms with Crippen molar-refractivity contribution >= 4 is 24.0 Å². The Morgan fingerprint density at radius 2 is 2.09 bits per heavy atom. The Bertz CT molecular complexity index is 547. The molecular formula is C15H24ClN3O3. The van der Waals surface area contributed by atoms with Crippen LogP contribution in [0.3, 0.4) is 0 Å². The number of benzene rings is 1. The minimum atomic E-state index is -0.931. The number of rotatable bonds is 6. The first kappa shape index (κ1) is 20.3. The summed E-state index contributed by atoms with van der Waals surface area (Å²) in [7, 11) is 0. The highest BCUT2D eigenvalue weighted by Crippen LogP contribution is 2.23. The van der Waals surface area contributed by atoms with Crippen LogP contribution in [-0.4, -0.2) is 16.4 Å². The summed E-state index contributed by atoms with van der Waals surface area (Å²) in [6, 6.07) is 4.62. The van der Waals surface area contributed by atoms with Crippen LogP contribution in [0.1, 0.15) is 50.8 Å². The summed E-state index contributed by atoms with van der Waals surface area (Å²) in [4.78, 5) is 22.7. The summed E-state index contributed by atoms with van der Waals surface area (Å²) >= 11 is 0. The smallest absolute Gasteiger partial charge is 0.272 e. The summed E-state index contributed by atoms with van der Waals surface area (Å²) in [6.07, 6.45) is 1.39. The van der Waals surface area contributed by atoms with Gasteiger partial charge in [0.15, 0.2) is 0 Å². The van der Waals surface area contributed by atoms with Gasteiger partial charge in [-0.3, -0.25) is 14.9 Å².